The Balaban J connectivity index is 3.23. The topological polar surface area (TPSA) is 83.7 Å². The number of nitro groups is 1. The number of nitrogens with zero attached hydrogens (tertiary/aromatic N) is 2. The third kappa shape index (κ3) is 2.84. The number of hydrogen-bond acceptors (Lipinski definition) is 5. The van der Waals surface area contributed by atoms with E-state index in [0.717, 1.165) is 0 Å². The summed E-state index contributed by atoms with van der Waals surface area (Å²) in [6, 6.07) is 4.22. The summed E-state index contributed by atoms with van der Waals surface area (Å²) in [5, 5.41) is 19.9. The van der Waals surface area contributed by atoms with Gasteiger partial charge in [-0.25, -0.2) is 0 Å². The highest BCUT2D eigenvalue weighted by Crippen LogP contribution is 2.25. The number of rotatable bonds is 5. The number of hydrogen-bond donors (Lipinski definition) is 1. The number of Topliss-reactive ketones (excluding diaryl/α,β-unsaturated/α-hetero) is 1. The molecule has 0 bridgehead atoms. The van der Waals surface area contributed by atoms with Crippen LogP contribution in [0.5, 0.6) is 0 Å². The molecule has 1 atom stereocenters. The maximum absolute atomic E-state index is 11.4. The fourth-order valence-corrected chi connectivity index (χ4v) is 1.56. The normalized spacial score (nSPS) is 12.0. The first-order chi connectivity index (χ1) is 8.38. The predicted molar refractivity (Wildman–Crippen MR) is 68.1 cm³/mol. The van der Waals surface area contributed by atoms with Crippen molar-refractivity contribution < 1.29 is 14.8 Å². The summed E-state index contributed by atoms with van der Waals surface area (Å²) in [4.78, 5) is 23.4. The number of benzene rings is 1. The van der Waals surface area contributed by atoms with Crippen molar-refractivity contribution in [3.8, 4) is 0 Å². The fraction of sp³-hybridized carbons (Fsp3) is 0.417. The van der Waals surface area contributed by atoms with Crippen molar-refractivity contribution in [2.24, 2.45) is 0 Å². The van der Waals surface area contributed by atoms with E-state index in [-0.39, 0.29) is 29.7 Å². The maximum atomic E-state index is 11.4. The van der Waals surface area contributed by atoms with Gasteiger partial charge in [-0.3, -0.25) is 14.9 Å². The Bertz CT molecular complexity index is 473. The molecule has 0 aliphatic heterocycles. The van der Waals surface area contributed by atoms with Crippen molar-refractivity contribution in [1.29, 1.82) is 0 Å². The molecule has 1 aromatic carbocycles. The quantitative estimate of drug-likeness (QED) is 0.489. The molecule has 1 rings (SSSR count). The molecule has 0 saturated carbocycles. The molecule has 0 amide bonds. The van der Waals surface area contributed by atoms with E-state index in [1.807, 2.05) is 6.92 Å². The van der Waals surface area contributed by atoms with Crippen molar-refractivity contribution in [3.05, 3.63) is 33.9 Å². The Morgan fingerprint density at radius 1 is 1.56 bits per heavy atom. The molecule has 98 valence electrons. The van der Waals surface area contributed by atoms with Crippen LogP contribution in [0.4, 0.5) is 11.4 Å². The van der Waals surface area contributed by atoms with Gasteiger partial charge in [-0.15, -0.1) is 0 Å². The number of aliphatic hydroxyl groups excluding tert-OH is 1. The van der Waals surface area contributed by atoms with E-state index < -0.39 is 4.92 Å². The predicted octanol–water partition coefficient (Wildman–Crippen LogP) is 1.61. The van der Waals surface area contributed by atoms with Gasteiger partial charge in [0.25, 0.3) is 5.69 Å². The molecule has 0 fully saturated rings. The van der Waals surface area contributed by atoms with Crippen molar-refractivity contribution in [2.75, 3.05) is 18.6 Å². The van der Waals surface area contributed by atoms with Crippen LogP contribution in [0.2, 0.25) is 0 Å². The minimum absolute atomic E-state index is 0.0388. The zero-order chi connectivity index (χ0) is 13.9. The first kappa shape index (κ1) is 14.1. The van der Waals surface area contributed by atoms with Gasteiger partial charge in [0.2, 0.25) is 0 Å². The molecule has 0 aromatic heterocycles. The van der Waals surface area contributed by atoms with Gasteiger partial charge in [-0.2, -0.15) is 0 Å². The van der Waals surface area contributed by atoms with Crippen molar-refractivity contribution >= 4 is 17.2 Å². The maximum Gasteiger partial charge on any atom is 0.280 e. The monoisotopic (exact) mass is 252 g/mol. The van der Waals surface area contributed by atoms with E-state index in [0.29, 0.717) is 5.69 Å². The molecule has 0 aliphatic rings. The van der Waals surface area contributed by atoms with Crippen molar-refractivity contribution in [1.82, 2.24) is 0 Å². The summed E-state index contributed by atoms with van der Waals surface area (Å²) in [6.45, 7) is 3.07. The highest BCUT2D eigenvalue weighted by Gasteiger charge is 2.19. The van der Waals surface area contributed by atoms with Crippen LogP contribution in [0.15, 0.2) is 18.2 Å². The smallest absolute Gasteiger partial charge is 0.280 e. The fourth-order valence-electron chi connectivity index (χ4n) is 1.56. The van der Waals surface area contributed by atoms with E-state index in [4.69, 9.17) is 5.11 Å². The standard InChI is InChI=1S/C12H16N2O4/c1-8(7-15)13(3)10-4-5-12(14(17)18)11(6-10)9(2)16/h4-6,8,15H,7H2,1-3H3. The Morgan fingerprint density at radius 2 is 2.17 bits per heavy atom. The van der Waals surface area contributed by atoms with Crippen LogP contribution in [0.1, 0.15) is 24.2 Å². The van der Waals surface area contributed by atoms with E-state index in [1.165, 1.54) is 19.1 Å². The highest BCUT2D eigenvalue weighted by atomic mass is 16.6. The van der Waals surface area contributed by atoms with Crippen LogP contribution < -0.4 is 4.90 Å². The Labute approximate surface area is 105 Å². The molecule has 0 saturated heterocycles. The van der Waals surface area contributed by atoms with Crippen LogP contribution in [-0.4, -0.2) is 35.5 Å². The zero-order valence-electron chi connectivity index (χ0n) is 10.6. The molecule has 18 heavy (non-hydrogen) atoms. The number of likely N-dealkylation sites (N-methyl/N-ethyl adjacent to an activating group) is 1. The average molecular weight is 252 g/mol. The summed E-state index contributed by atoms with van der Waals surface area (Å²) in [5.74, 6) is -0.353. The van der Waals surface area contributed by atoms with Gasteiger partial charge >= 0.3 is 0 Å². The highest BCUT2D eigenvalue weighted by molar-refractivity contribution is 5.99. The molecular weight excluding hydrogens is 236 g/mol. The minimum atomic E-state index is -0.573. The zero-order valence-corrected chi connectivity index (χ0v) is 10.6. The SMILES string of the molecule is CC(=O)c1cc(N(C)C(C)CO)ccc1[N+](=O)[O-]. The van der Waals surface area contributed by atoms with Crippen LogP contribution in [0.25, 0.3) is 0 Å². The van der Waals surface area contributed by atoms with E-state index >= 15 is 0 Å². The summed E-state index contributed by atoms with van der Waals surface area (Å²) in [6.07, 6.45) is 0. The first-order valence-electron chi connectivity index (χ1n) is 5.51. The summed E-state index contributed by atoms with van der Waals surface area (Å²) in [5.41, 5.74) is 0.540. The average Bonchev–Trinajstić information content (AvgIpc) is 2.35. The lowest BCUT2D eigenvalue weighted by Gasteiger charge is -2.25. The number of aliphatic hydroxyl groups is 1. The van der Waals surface area contributed by atoms with E-state index in [2.05, 4.69) is 0 Å². The lowest BCUT2D eigenvalue weighted by molar-refractivity contribution is -0.385. The Hall–Kier alpha value is -1.95. The first-order valence-corrected chi connectivity index (χ1v) is 5.51. The molecule has 1 N–H and O–H groups in total. The summed E-state index contributed by atoms with van der Waals surface area (Å²) >= 11 is 0. The van der Waals surface area contributed by atoms with Gasteiger partial charge < -0.3 is 10.0 Å². The number of carbonyl (C=O) groups is 1. The molecule has 6 heteroatoms. The number of anilines is 1. The second-order valence-corrected chi connectivity index (χ2v) is 4.16. The molecule has 1 unspecified atom stereocenters. The molecule has 6 nitrogen and oxygen atoms in total. The van der Waals surface area contributed by atoms with Crippen LogP contribution in [-0.2, 0) is 0 Å². The molecule has 0 heterocycles. The molecule has 0 aliphatic carbocycles. The van der Waals surface area contributed by atoms with Gasteiger partial charge in [0.1, 0.15) is 0 Å². The van der Waals surface area contributed by atoms with Crippen molar-refractivity contribution in [2.45, 2.75) is 19.9 Å². The number of nitro benzene ring substituents is 1. The summed E-state index contributed by atoms with van der Waals surface area (Å²) in [7, 11) is 1.76. The largest absolute Gasteiger partial charge is 0.394 e. The van der Waals surface area contributed by atoms with E-state index in [9.17, 15) is 14.9 Å². The van der Waals surface area contributed by atoms with Gasteiger partial charge in [-0.1, -0.05) is 0 Å². The lowest BCUT2D eigenvalue weighted by atomic mass is 10.1. The minimum Gasteiger partial charge on any atom is -0.394 e. The number of ketones is 1. The van der Waals surface area contributed by atoms with Crippen LogP contribution >= 0.6 is 0 Å². The molecule has 0 radical (unpaired) electrons. The lowest BCUT2D eigenvalue weighted by Crippen LogP contribution is -2.31. The Kier molecular flexibility index (Phi) is 4.38. The Morgan fingerprint density at radius 3 is 2.61 bits per heavy atom. The van der Waals surface area contributed by atoms with Crippen LogP contribution in [0, 0.1) is 10.1 Å². The van der Waals surface area contributed by atoms with Gasteiger partial charge in [0.05, 0.1) is 17.1 Å². The van der Waals surface area contributed by atoms with Crippen molar-refractivity contribution in [3.63, 3.8) is 0 Å². The van der Waals surface area contributed by atoms with Gasteiger partial charge in [0, 0.05) is 24.8 Å². The third-order valence-electron chi connectivity index (χ3n) is 2.89. The van der Waals surface area contributed by atoms with Gasteiger partial charge in [-0.05, 0) is 26.0 Å². The summed E-state index contributed by atoms with van der Waals surface area (Å²) < 4.78 is 0. The van der Waals surface area contributed by atoms with Gasteiger partial charge in [0.15, 0.2) is 5.78 Å². The molecular formula is C12H16N2O4. The number of carbonyl (C=O) groups excluding carboxylic acids is 1. The molecule has 1 aromatic rings. The second-order valence-electron chi connectivity index (χ2n) is 4.16. The van der Waals surface area contributed by atoms with Crippen LogP contribution in [0.3, 0.4) is 0 Å². The third-order valence-corrected chi connectivity index (χ3v) is 2.89. The van der Waals surface area contributed by atoms with E-state index in [1.54, 1.807) is 18.0 Å². The molecule has 0 spiro atoms. The second kappa shape index (κ2) is 5.59.